The lowest BCUT2D eigenvalue weighted by atomic mass is 9.52. The number of esters is 1. The van der Waals surface area contributed by atoms with E-state index in [-0.39, 0.29) is 23.8 Å². The van der Waals surface area contributed by atoms with Crippen molar-refractivity contribution in [3.8, 4) is 0 Å². The first-order valence-electron chi connectivity index (χ1n) is 13.8. The quantitative estimate of drug-likeness (QED) is 0.406. The van der Waals surface area contributed by atoms with Crippen molar-refractivity contribution in [2.24, 2.45) is 23.7 Å². The Labute approximate surface area is 219 Å². The van der Waals surface area contributed by atoms with Crippen LogP contribution in [0.15, 0.2) is 17.2 Å². The molecule has 6 rings (SSSR count). The van der Waals surface area contributed by atoms with Gasteiger partial charge >= 0.3 is 5.97 Å². The number of rotatable bonds is 8. The molecule has 8 heteroatoms. The second-order valence-electron chi connectivity index (χ2n) is 11.7. The van der Waals surface area contributed by atoms with Gasteiger partial charge in [-0.25, -0.2) is 4.98 Å². The summed E-state index contributed by atoms with van der Waals surface area (Å²) in [6.45, 7) is 3.83. The molecule has 4 saturated carbocycles. The molecule has 7 nitrogen and oxygen atoms in total. The van der Waals surface area contributed by atoms with Crippen LogP contribution in [0.2, 0.25) is 0 Å². The van der Waals surface area contributed by atoms with Crippen LogP contribution in [0, 0.1) is 23.7 Å². The Morgan fingerprint density at radius 1 is 1.25 bits per heavy atom. The molecular formula is C28H41N3O4S. The normalized spacial score (nSPS) is 33.0. The molecule has 1 aromatic heterocycles. The van der Waals surface area contributed by atoms with E-state index in [1.54, 1.807) is 11.8 Å². The number of nitrogens with zero attached hydrogens (tertiary/aromatic N) is 3. The average Bonchev–Trinajstić information content (AvgIpc) is 2.85. The highest BCUT2D eigenvalue weighted by atomic mass is 32.2. The summed E-state index contributed by atoms with van der Waals surface area (Å²) >= 11 is 1.66. The monoisotopic (exact) mass is 515 g/mol. The van der Waals surface area contributed by atoms with Crippen molar-refractivity contribution < 1.29 is 19.4 Å². The number of piperidine rings is 1. The summed E-state index contributed by atoms with van der Waals surface area (Å²) in [5, 5.41) is 11.8. The zero-order chi connectivity index (χ0) is 25.4. The van der Waals surface area contributed by atoms with Gasteiger partial charge in [-0.2, -0.15) is 0 Å². The number of aliphatic hydroxyl groups is 1. The van der Waals surface area contributed by atoms with Gasteiger partial charge in [-0.05, 0) is 92.9 Å². The van der Waals surface area contributed by atoms with Gasteiger partial charge in [0.05, 0.1) is 18.3 Å². The Morgan fingerprint density at radius 3 is 2.67 bits per heavy atom. The number of carbonyl (C=O) groups excluding carboxylic acids is 2. The van der Waals surface area contributed by atoms with E-state index in [1.165, 1.54) is 7.11 Å². The van der Waals surface area contributed by atoms with Crippen molar-refractivity contribution in [2.45, 2.75) is 81.4 Å². The highest BCUT2D eigenvalue weighted by Crippen LogP contribution is 2.57. The van der Waals surface area contributed by atoms with E-state index in [4.69, 9.17) is 9.72 Å². The number of thioether (sulfide) groups is 1. The molecule has 2 heterocycles. The van der Waals surface area contributed by atoms with Crippen molar-refractivity contribution in [2.75, 3.05) is 37.9 Å². The highest BCUT2D eigenvalue weighted by Gasteiger charge is 2.56. The minimum atomic E-state index is -0.498. The first-order chi connectivity index (χ1) is 17.3. The van der Waals surface area contributed by atoms with E-state index in [0.29, 0.717) is 29.7 Å². The third-order valence-electron chi connectivity index (χ3n) is 9.00. The molecule has 0 radical (unpaired) electrons. The second-order valence-corrected chi connectivity index (χ2v) is 12.8. The van der Waals surface area contributed by atoms with E-state index in [0.717, 1.165) is 81.1 Å². The predicted molar refractivity (Wildman–Crippen MR) is 141 cm³/mol. The molecule has 1 aromatic rings. The van der Waals surface area contributed by atoms with E-state index >= 15 is 0 Å². The minimum absolute atomic E-state index is 0.0549. The maximum atomic E-state index is 13.9. The maximum absolute atomic E-state index is 13.9. The Kier molecular flexibility index (Phi) is 7.55. The molecule has 3 atom stereocenters. The summed E-state index contributed by atoms with van der Waals surface area (Å²) in [5.41, 5.74) is 0.193. The van der Waals surface area contributed by atoms with Crippen LogP contribution in [0.25, 0.3) is 0 Å². The van der Waals surface area contributed by atoms with Crippen LogP contribution in [0.5, 0.6) is 0 Å². The number of ether oxygens (including phenoxy) is 1. The fourth-order valence-corrected chi connectivity index (χ4v) is 8.62. The second kappa shape index (κ2) is 10.5. The van der Waals surface area contributed by atoms with Crippen molar-refractivity contribution in [3.63, 3.8) is 0 Å². The third kappa shape index (κ3) is 5.13. The lowest BCUT2D eigenvalue weighted by Gasteiger charge is -2.59. The molecule has 1 aliphatic heterocycles. The molecule has 1 amide bonds. The van der Waals surface area contributed by atoms with Crippen LogP contribution in [-0.2, 0) is 9.53 Å². The van der Waals surface area contributed by atoms with Crippen LogP contribution >= 0.6 is 11.8 Å². The molecule has 1 saturated heterocycles. The van der Waals surface area contributed by atoms with E-state index < -0.39 is 5.60 Å². The molecule has 4 bridgehead atoms. The number of hydrogen-bond acceptors (Lipinski definition) is 7. The summed E-state index contributed by atoms with van der Waals surface area (Å²) < 4.78 is 4.88. The van der Waals surface area contributed by atoms with Crippen molar-refractivity contribution in [3.05, 3.63) is 17.7 Å². The molecule has 36 heavy (non-hydrogen) atoms. The number of methoxy groups -OCH3 is 1. The van der Waals surface area contributed by atoms with Crippen molar-refractivity contribution >= 4 is 29.5 Å². The lowest BCUT2D eigenvalue weighted by molar-refractivity contribution is -0.152. The number of anilines is 1. The maximum Gasteiger partial charge on any atom is 0.305 e. The summed E-state index contributed by atoms with van der Waals surface area (Å²) in [7, 11) is 3.41. The SMILES string of the molecule is CCCSc1nc(N2CCC[C@@H](CC(=O)OC)C2)ccc1C(=O)N(C)[C@H]1C2CC3CC1C[C@](O)(C3)C2. The van der Waals surface area contributed by atoms with Crippen LogP contribution in [0.1, 0.15) is 75.1 Å². The van der Waals surface area contributed by atoms with Crippen LogP contribution in [0.4, 0.5) is 5.82 Å². The van der Waals surface area contributed by atoms with E-state index in [2.05, 4.69) is 11.8 Å². The molecule has 5 aliphatic rings. The Balaban J connectivity index is 1.34. The number of carbonyl (C=O) groups is 2. The first-order valence-corrected chi connectivity index (χ1v) is 14.7. The molecule has 4 aliphatic carbocycles. The smallest absolute Gasteiger partial charge is 0.305 e. The zero-order valence-electron chi connectivity index (χ0n) is 21.9. The molecule has 0 spiro atoms. The fraction of sp³-hybridized carbons (Fsp3) is 0.750. The Hall–Kier alpha value is -1.80. The molecule has 1 N–H and O–H groups in total. The fourth-order valence-electron chi connectivity index (χ4n) is 7.75. The third-order valence-corrected chi connectivity index (χ3v) is 10.2. The zero-order valence-corrected chi connectivity index (χ0v) is 22.8. The average molecular weight is 516 g/mol. The van der Waals surface area contributed by atoms with Crippen LogP contribution in [-0.4, -0.2) is 71.5 Å². The largest absolute Gasteiger partial charge is 0.469 e. The molecule has 198 valence electrons. The van der Waals surface area contributed by atoms with E-state index in [1.807, 2.05) is 24.1 Å². The summed E-state index contributed by atoms with van der Waals surface area (Å²) in [6.07, 6.45) is 8.37. The summed E-state index contributed by atoms with van der Waals surface area (Å²) in [6, 6.07) is 4.16. The predicted octanol–water partition coefficient (Wildman–Crippen LogP) is 4.37. The topological polar surface area (TPSA) is 83.0 Å². The van der Waals surface area contributed by atoms with Gasteiger partial charge in [0, 0.05) is 32.6 Å². The minimum Gasteiger partial charge on any atom is -0.469 e. The number of hydrogen-bond donors (Lipinski definition) is 1. The Bertz CT molecular complexity index is 972. The van der Waals surface area contributed by atoms with Crippen LogP contribution < -0.4 is 4.90 Å². The molecule has 2 unspecified atom stereocenters. The standard InChI is InChI=1S/C28H41N3O4S/c1-4-10-36-26-22(7-8-23(29-26)31-9-5-6-18(17-31)13-24(32)35-3)27(33)30(2)25-20-11-19-12-21(25)16-28(34,14-19)15-20/h7-8,18-21,25,34H,4-6,9-17H2,1-3H3/t18-,19?,20?,21?,25-,28-/m0/s1. The molecule has 5 fully saturated rings. The van der Waals surface area contributed by atoms with Gasteiger partial charge < -0.3 is 19.6 Å². The van der Waals surface area contributed by atoms with E-state index in [9.17, 15) is 14.7 Å². The van der Waals surface area contributed by atoms with Gasteiger partial charge in [-0.15, -0.1) is 11.8 Å². The van der Waals surface area contributed by atoms with Crippen molar-refractivity contribution in [1.29, 1.82) is 0 Å². The van der Waals surface area contributed by atoms with Gasteiger partial charge in [-0.3, -0.25) is 9.59 Å². The van der Waals surface area contributed by atoms with Crippen molar-refractivity contribution in [1.82, 2.24) is 9.88 Å². The Morgan fingerprint density at radius 2 is 2.00 bits per heavy atom. The van der Waals surface area contributed by atoms with Gasteiger partial charge in [0.1, 0.15) is 10.8 Å². The van der Waals surface area contributed by atoms with Gasteiger partial charge in [0.15, 0.2) is 0 Å². The number of aromatic nitrogens is 1. The van der Waals surface area contributed by atoms with Gasteiger partial charge in [0.25, 0.3) is 5.91 Å². The highest BCUT2D eigenvalue weighted by molar-refractivity contribution is 7.99. The first kappa shape index (κ1) is 25.8. The molecule has 0 aromatic carbocycles. The summed E-state index contributed by atoms with van der Waals surface area (Å²) in [5.74, 6) is 3.38. The summed E-state index contributed by atoms with van der Waals surface area (Å²) in [4.78, 5) is 34.9. The van der Waals surface area contributed by atoms with Gasteiger partial charge in [0.2, 0.25) is 0 Å². The number of amides is 1. The molecular weight excluding hydrogens is 474 g/mol. The lowest BCUT2D eigenvalue weighted by Crippen LogP contribution is -2.61. The number of pyridine rings is 1. The van der Waals surface area contributed by atoms with Crippen LogP contribution in [0.3, 0.4) is 0 Å². The van der Waals surface area contributed by atoms with Gasteiger partial charge in [-0.1, -0.05) is 6.92 Å².